The first-order valence-electron chi connectivity index (χ1n) is 8.99. The molecule has 1 aromatic rings. The maximum atomic E-state index is 12.9. The van der Waals surface area contributed by atoms with Crippen molar-refractivity contribution in [2.45, 2.75) is 57.3 Å². The van der Waals surface area contributed by atoms with E-state index in [1.807, 2.05) is 12.1 Å². The van der Waals surface area contributed by atoms with E-state index in [9.17, 15) is 13.2 Å². The number of carbonyl (C=O) groups excluding carboxylic acids is 1. The topological polar surface area (TPSA) is 63.7 Å². The van der Waals surface area contributed by atoms with E-state index in [2.05, 4.69) is 20.8 Å². The van der Waals surface area contributed by atoms with Gasteiger partial charge in [-0.25, -0.2) is 8.42 Å². The number of rotatable bonds is 6. The summed E-state index contributed by atoms with van der Waals surface area (Å²) >= 11 is 0. The Labute approximate surface area is 151 Å². The van der Waals surface area contributed by atoms with E-state index in [1.54, 1.807) is 19.1 Å². The van der Waals surface area contributed by atoms with Gasteiger partial charge in [-0.3, -0.25) is 4.79 Å². The van der Waals surface area contributed by atoms with E-state index in [-0.39, 0.29) is 28.7 Å². The second kappa shape index (κ2) is 7.87. The van der Waals surface area contributed by atoms with Crippen LogP contribution in [0.15, 0.2) is 29.2 Å². The zero-order valence-corrected chi connectivity index (χ0v) is 16.4. The standard InChI is InChI=1S/C19H29NO4S/c1-5-19(3,4)16-9-11-17(12-10-16)25(22,23)20-13-7-8-15(14-20)18(21)24-6-2/h9-12,15H,5-8,13-14H2,1-4H3. The fourth-order valence-corrected chi connectivity index (χ4v) is 4.57. The number of sulfonamides is 1. The van der Waals surface area contributed by atoms with Crippen LogP contribution in [0.25, 0.3) is 0 Å². The lowest BCUT2D eigenvalue weighted by Gasteiger charge is -2.31. The molecule has 0 saturated carbocycles. The summed E-state index contributed by atoms with van der Waals surface area (Å²) in [7, 11) is -3.59. The quantitative estimate of drug-likeness (QED) is 0.724. The number of carbonyl (C=O) groups is 1. The third kappa shape index (κ3) is 4.42. The summed E-state index contributed by atoms with van der Waals surface area (Å²) < 4.78 is 32.3. The third-order valence-electron chi connectivity index (χ3n) is 5.16. The molecule has 0 N–H and O–H groups in total. The van der Waals surface area contributed by atoms with Crippen molar-refractivity contribution in [3.63, 3.8) is 0 Å². The Kier molecular flexibility index (Phi) is 6.27. The molecule has 1 heterocycles. The lowest BCUT2D eigenvalue weighted by Crippen LogP contribution is -2.42. The number of piperidine rings is 1. The molecular weight excluding hydrogens is 338 g/mol. The molecule has 25 heavy (non-hydrogen) atoms. The van der Waals surface area contributed by atoms with Crippen LogP contribution in [0.3, 0.4) is 0 Å². The Hall–Kier alpha value is -1.40. The number of hydrogen-bond donors (Lipinski definition) is 0. The van der Waals surface area contributed by atoms with Crippen LogP contribution >= 0.6 is 0 Å². The van der Waals surface area contributed by atoms with Crippen molar-refractivity contribution in [2.24, 2.45) is 5.92 Å². The van der Waals surface area contributed by atoms with Gasteiger partial charge in [0.15, 0.2) is 0 Å². The van der Waals surface area contributed by atoms with Crippen molar-refractivity contribution in [3.8, 4) is 0 Å². The van der Waals surface area contributed by atoms with E-state index >= 15 is 0 Å². The summed E-state index contributed by atoms with van der Waals surface area (Å²) in [4.78, 5) is 12.2. The van der Waals surface area contributed by atoms with Crippen LogP contribution in [0.1, 0.15) is 52.5 Å². The van der Waals surface area contributed by atoms with E-state index in [4.69, 9.17) is 4.74 Å². The minimum atomic E-state index is -3.59. The number of esters is 1. The van der Waals surface area contributed by atoms with Crippen molar-refractivity contribution in [1.29, 1.82) is 0 Å². The lowest BCUT2D eigenvalue weighted by molar-refractivity contribution is -0.149. The summed E-state index contributed by atoms with van der Waals surface area (Å²) in [6.07, 6.45) is 2.32. The minimum absolute atomic E-state index is 0.0163. The molecule has 0 bridgehead atoms. The van der Waals surface area contributed by atoms with Gasteiger partial charge in [-0.2, -0.15) is 4.31 Å². The summed E-state index contributed by atoms with van der Waals surface area (Å²) in [5.74, 6) is -0.677. The summed E-state index contributed by atoms with van der Waals surface area (Å²) in [6, 6.07) is 7.14. The summed E-state index contributed by atoms with van der Waals surface area (Å²) in [6.45, 7) is 9.12. The highest BCUT2D eigenvalue weighted by molar-refractivity contribution is 7.89. The molecule has 1 atom stereocenters. The van der Waals surface area contributed by atoms with Gasteiger partial charge < -0.3 is 4.74 Å². The Bertz CT molecular complexity index is 695. The first-order chi connectivity index (χ1) is 11.7. The third-order valence-corrected chi connectivity index (χ3v) is 7.04. The first-order valence-corrected chi connectivity index (χ1v) is 10.4. The smallest absolute Gasteiger partial charge is 0.310 e. The van der Waals surface area contributed by atoms with Crippen molar-refractivity contribution >= 4 is 16.0 Å². The number of benzene rings is 1. The van der Waals surface area contributed by atoms with Crippen molar-refractivity contribution in [2.75, 3.05) is 19.7 Å². The van der Waals surface area contributed by atoms with Gasteiger partial charge in [-0.05, 0) is 49.3 Å². The molecule has 1 aliphatic rings. The van der Waals surface area contributed by atoms with E-state index in [0.29, 0.717) is 26.0 Å². The minimum Gasteiger partial charge on any atom is -0.466 e. The van der Waals surface area contributed by atoms with Crippen LogP contribution < -0.4 is 0 Å². The van der Waals surface area contributed by atoms with E-state index in [0.717, 1.165) is 12.0 Å². The van der Waals surface area contributed by atoms with Gasteiger partial charge in [0.05, 0.1) is 17.4 Å². The van der Waals surface area contributed by atoms with Crippen LogP contribution in [0, 0.1) is 5.92 Å². The van der Waals surface area contributed by atoms with E-state index in [1.165, 1.54) is 4.31 Å². The van der Waals surface area contributed by atoms with Gasteiger partial charge in [0, 0.05) is 13.1 Å². The molecule has 1 unspecified atom stereocenters. The summed E-state index contributed by atoms with van der Waals surface area (Å²) in [5, 5.41) is 0. The SMILES string of the molecule is CCOC(=O)C1CCCN(S(=O)(=O)c2ccc(C(C)(C)CC)cc2)C1. The molecule has 140 valence electrons. The fraction of sp³-hybridized carbons (Fsp3) is 0.632. The predicted octanol–water partition coefficient (Wildman–Crippen LogP) is 3.34. The zero-order valence-electron chi connectivity index (χ0n) is 15.6. The van der Waals surface area contributed by atoms with Crippen LogP contribution in [0.2, 0.25) is 0 Å². The van der Waals surface area contributed by atoms with E-state index < -0.39 is 10.0 Å². The molecule has 0 spiro atoms. The lowest BCUT2D eigenvalue weighted by atomic mass is 9.82. The van der Waals surface area contributed by atoms with Crippen LogP contribution in [0.4, 0.5) is 0 Å². The molecule has 0 aliphatic carbocycles. The van der Waals surface area contributed by atoms with Crippen molar-refractivity contribution in [1.82, 2.24) is 4.31 Å². The van der Waals surface area contributed by atoms with Crippen LogP contribution in [-0.2, 0) is 25.0 Å². The van der Waals surface area contributed by atoms with Gasteiger partial charge in [0.25, 0.3) is 0 Å². The Morgan fingerprint density at radius 1 is 1.24 bits per heavy atom. The number of hydrogen-bond acceptors (Lipinski definition) is 4. The van der Waals surface area contributed by atoms with Gasteiger partial charge in [0.2, 0.25) is 10.0 Å². The maximum absolute atomic E-state index is 12.9. The highest BCUT2D eigenvalue weighted by Crippen LogP contribution is 2.29. The Balaban J connectivity index is 2.19. The second-order valence-corrected chi connectivity index (χ2v) is 9.15. The molecule has 1 aromatic carbocycles. The first kappa shape index (κ1) is 19.9. The maximum Gasteiger partial charge on any atom is 0.310 e. The normalized spacial score (nSPS) is 19.6. The number of ether oxygens (including phenoxy) is 1. The molecule has 0 amide bonds. The average molecular weight is 368 g/mol. The van der Waals surface area contributed by atoms with Crippen LogP contribution in [0.5, 0.6) is 0 Å². The highest BCUT2D eigenvalue weighted by atomic mass is 32.2. The molecule has 1 saturated heterocycles. The van der Waals surface area contributed by atoms with Gasteiger partial charge in [-0.15, -0.1) is 0 Å². The van der Waals surface area contributed by atoms with Gasteiger partial charge >= 0.3 is 5.97 Å². The molecule has 2 rings (SSSR count). The largest absolute Gasteiger partial charge is 0.466 e. The molecule has 1 aliphatic heterocycles. The average Bonchev–Trinajstić information content (AvgIpc) is 2.62. The monoisotopic (exact) mass is 367 g/mol. The van der Waals surface area contributed by atoms with Gasteiger partial charge in [-0.1, -0.05) is 32.9 Å². The molecule has 0 radical (unpaired) electrons. The second-order valence-electron chi connectivity index (χ2n) is 7.22. The highest BCUT2D eigenvalue weighted by Gasteiger charge is 2.34. The Morgan fingerprint density at radius 3 is 2.44 bits per heavy atom. The summed E-state index contributed by atoms with van der Waals surface area (Å²) in [5.41, 5.74) is 1.14. The Morgan fingerprint density at radius 2 is 1.88 bits per heavy atom. The molecule has 1 fully saturated rings. The molecule has 6 heteroatoms. The molecule has 5 nitrogen and oxygen atoms in total. The predicted molar refractivity (Wildman–Crippen MR) is 97.9 cm³/mol. The fourth-order valence-electron chi connectivity index (χ4n) is 3.04. The van der Waals surface area contributed by atoms with Crippen molar-refractivity contribution < 1.29 is 17.9 Å². The zero-order chi connectivity index (χ0) is 18.7. The number of nitrogens with zero attached hydrogens (tertiary/aromatic N) is 1. The molecule has 0 aromatic heterocycles. The van der Waals surface area contributed by atoms with Crippen LogP contribution in [-0.4, -0.2) is 38.4 Å². The molecular formula is C19H29NO4S. The van der Waals surface area contributed by atoms with Crippen molar-refractivity contribution in [3.05, 3.63) is 29.8 Å². The van der Waals surface area contributed by atoms with Gasteiger partial charge in [0.1, 0.15) is 0 Å².